The number of rotatable bonds is 5. The van der Waals surface area contributed by atoms with Crippen LogP contribution in [0.15, 0.2) is 54.6 Å². The number of aliphatic carboxylic acids is 1. The highest BCUT2D eigenvalue weighted by Crippen LogP contribution is 2.38. The second-order valence-corrected chi connectivity index (χ2v) is 10.1. The largest absolute Gasteiger partial charge is 0.481 e. The molecule has 35 heavy (non-hydrogen) atoms. The van der Waals surface area contributed by atoms with Crippen LogP contribution in [0.2, 0.25) is 0 Å². The lowest BCUT2D eigenvalue weighted by molar-refractivity contribution is -0.149. The van der Waals surface area contributed by atoms with Crippen molar-refractivity contribution in [3.63, 3.8) is 0 Å². The molecule has 1 aliphatic carbocycles. The van der Waals surface area contributed by atoms with E-state index >= 15 is 0 Å². The standard InChI is InChI=1S/C28H35N3O4/c1-18-15-23(24(28(34)35)16-19(18)2)26(32)29-25-12-8-7-11-22(25)27(33)31-14-13-30(17-20(31)3)21-9-5-4-6-10-21/h4-12,18-20,23-24H,13-17H2,1-3H3,(H,29,32)(H,34,35)/t18?,19?,20-,23?,24?/m0/s1. The van der Waals surface area contributed by atoms with Crippen molar-refractivity contribution in [2.24, 2.45) is 23.7 Å². The average molecular weight is 478 g/mol. The van der Waals surface area contributed by atoms with Crippen molar-refractivity contribution in [1.29, 1.82) is 0 Å². The number of carbonyl (C=O) groups excluding carboxylic acids is 2. The summed E-state index contributed by atoms with van der Waals surface area (Å²) >= 11 is 0. The molecular formula is C28H35N3O4. The van der Waals surface area contributed by atoms with Crippen LogP contribution in [0.5, 0.6) is 0 Å². The van der Waals surface area contributed by atoms with Gasteiger partial charge < -0.3 is 20.2 Å². The van der Waals surface area contributed by atoms with E-state index in [0.29, 0.717) is 30.6 Å². The van der Waals surface area contributed by atoms with Crippen LogP contribution in [-0.4, -0.2) is 53.5 Å². The third-order valence-corrected chi connectivity index (χ3v) is 7.79. The number of carboxylic acid groups (broad SMARTS) is 1. The number of carboxylic acids is 1. The molecule has 186 valence electrons. The van der Waals surface area contributed by atoms with Gasteiger partial charge in [0.25, 0.3) is 5.91 Å². The van der Waals surface area contributed by atoms with Crippen molar-refractivity contribution in [2.75, 3.05) is 29.9 Å². The zero-order valence-corrected chi connectivity index (χ0v) is 20.7. The Balaban J connectivity index is 1.48. The molecule has 1 saturated carbocycles. The maximum Gasteiger partial charge on any atom is 0.307 e. The van der Waals surface area contributed by atoms with Crippen molar-refractivity contribution >= 4 is 29.2 Å². The number of hydrogen-bond acceptors (Lipinski definition) is 4. The fourth-order valence-corrected chi connectivity index (χ4v) is 5.45. The summed E-state index contributed by atoms with van der Waals surface area (Å²) in [5.74, 6) is -2.19. The Hall–Kier alpha value is -3.35. The first-order valence-corrected chi connectivity index (χ1v) is 12.5. The number of anilines is 2. The molecule has 2 amide bonds. The molecule has 7 heteroatoms. The van der Waals surface area contributed by atoms with Gasteiger partial charge in [0.05, 0.1) is 23.1 Å². The van der Waals surface area contributed by atoms with Gasteiger partial charge in [-0.1, -0.05) is 44.2 Å². The lowest BCUT2D eigenvalue weighted by Gasteiger charge is -2.41. The Morgan fingerprint density at radius 2 is 1.49 bits per heavy atom. The molecule has 1 aliphatic heterocycles. The third-order valence-electron chi connectivity index (χ3n) is 7.79. The third kappa shape index (κ3) is 5.34. The van der Waals surface area contributed by atoms with E-state index in [1.807, 2.05) is 36.9 Å². The van der Waals surface area contributed by atoms with E-state index in [4.69, 9.17) is 0 Å². The number of piperazine rings is 1. The zero-order valence-electron chi connectivity index (χ0n) is 20.7. The van der Waals surface area contributed by atoms with Crippen LogP contribution >= 0.6 is 0 Å². The minimum absolute atomic E-state index is 0.00251. The van der Waals surface area contributed by atoms with Gasteiger partial charge in [0.15, 0.2) is 0 Å². The quantitative estimate of drug-likeness (QED) is 0.668. The van der Waals surface area contributed by atoms with Crippen LogP contribution in [0.25, 0.3) is 0 Å². The summed E-state index contributed by atoms with van der Waals surface area (Å²) in [6, 6.07) is 17.2. The van der Waals surface area contributed by atoms with E-state index in [9.17, 15) is 19.5 Å². The monoisotopic (exact) mass is 477 g/mol. The number of nitrogens with one attached hydrogen (secondary N) is 1. The number of amides is 2. The van der Waals surface area contributed by atoms with Crippen molar-refractivity contribution < 1.29 is 19.5 Å². The van der Waals surface area contributed by atoms with Gasteiger partial charge in [0.2, 0.25) is 5.91 Å². The number of benzene rings is 2. The number of carbonyl (C=O) groups is 3. The summed E-state index contributed by atoms with van der Waals surface area (Å²) in [6.07, 6.45) is 1.01. The number of hydrogen-bond donors (Lipinski definition) is 2. The van der Waals surface area contributed by atoms with Crippen LogP contribution in [0.4, 0.5) is 11.4 Å². The van der Waals surface area contributed by atoms with Crippen molar-refractivity contribution in [3.8, 4) is 0 Å². The van der Waals surface area contributed by atoms with Gasteiger partial charge in [-0.25, -0.2) is 0 Å². The van der Waals surface area contributed by atoms with Gasteiger partial charge in [-0.2, -0.15) is 0 Å². The highest BCUT2D eigenvalue weighted by atomic mass is 16.4. The van der Waals surface area contributed by atoms with Crippen molar-refractivity contribution in [3.05, 3.63) is 60.2 Å². The summed E-state index contributed by atoms with van der Waals surface area (Å²) in [7, 11) is 0. The van der Waals surface area contributed by atoms with E-state index in [2.05, 4.69) is 29.3 Å². The molecule has 5 atom stereocenters. The topological polar surface area (TPSA) is 89.9 Å². The van der Waals surface area contributed by atoms with Gasteiger partial charge in [-0.05, 0) is 55.9 Å². The SMILES string of the molecule is CC1CC(C(=O)O)C(C(=O)Nc2ccccc2C(=O)N2CCN(c3ccccc3)C[C@@H]2C)CC1C. The van der Waals surface area contributed by atoms with Crippen molar-refractivity contribution in [2.45, 2.75) is 39.7 Å². The molecule has 2 N–H and O–H groups in total. The highest BCUT2D eigenvalue weighted by Gasteiger charge is 2.41. The van der Waals surface area contributed by atoms with Crippen LogP contribution in [0.3, 0.4) is 0 Å². The minimum atomic E-state index is -0.932. The summed E-state index contributed by atoms with van der Waals surface area (Å²) in [4.78, 5) is 42.8. The summed E-state index contributed by atoms with van der Waals surface area (Å²) < 4.78 is 0. The summed E-state index contributed by atoms with van der Waals surface area (Å²) in [5.41, 5.74) is 2.02. The van der Waals surface area contributed by atoms with Gasteiger partial charge in [0.1, 0.15) is 0 Å². The fourth-order valence-electron chi connectivity index (χ4n) is 5.45. The van der Waals surface area contributed by atoms with E-state index in [0.717, 1.165) is 18.8 Å². The molecule has 2 aromatic carbocycles. The number of para-hydroxylation sites is 2. The zero-order chi connectivity index (χ0) is 25.1. The maximum absolute atomic E-state index is 13.6. The van der Waals surface area contributed by atoms with E-state index in [-0.39, 0.29) is 29.7 Å². The van der Waals surface area contributed by atoms with Crippen molar-refractivity contribution in [1.82, 2.24) is 4.90 Å². The Labute approximate surface area is 207 Å². The van der Waals surface area contributed by atoms with Gasteiger partial charge in [-0.15, -0.1) is 0 Å². The first-order valence-electron chi connectivity index (χ1n) is 12.5. The molecule has 1 heterocycles. The average Bonchev–Trinajstić information content (AvgIpc) is 2.85. The van der Waals surface area contributed by atoms with Gasteiger partial charge in [0, 0.05) is 31.4 Å². The summed E-state index contributed by atoms with van der Waals surface area (Å²) in [6.45, 7) is 8.18. The van der Waals surface area contributed by atoms with E-state index < -0.39 is 17.8 Å². The maximum atomic E-state index is 13.6. The number of nitrogens with zero attached hydrogens (tertiary/aromatic N) is 2. The van der Waals surface area contributed by atoms with Crippen LogP contribution in [-0.2, 0) is 9.59 Å². The lowest BCUT2D eigenvalue weighted by Crippen LogP contribution is -2.54. The Bertz CT molecular complexity index is 1070. The Morgan fingerprint density at radius 1 is 0.857 bits per heavy atom. The second kappa shape index (κ2) is 10.5. The van der Waals surface area contributed by atoms with Gasteiger partial charge in [-0.3, -0.25) is 14.4 Å². The normalized spacial score (nSPS) is 26.8. The van der Waals surface area contributed by atoms with Crippen LogP contribution < -0.4 is 10.2 Å². The molecule has 4 rings (SSSR count). The highest BCUT2D eigenvalue weighted by molar-refractivity contribution is 6.05. The molecule has 2 fully saturated rings. The molecule has 0 bridgehead atoms. The van der Waals surface area contributed by atoms with E-state index in [1.165, 1.54) is 0 Å². The van der Waals surface area contributed by atoms with E-state index in [1.54, 1.807) is 24.3 Å². The minimum Gasteiger partial charge on any atom is -0.481 e. The smallest absolute Gasteiger partial charge is 0.307 e. The second-order valence-electron chi connectivity index (χ2n) is 10.1. The molecule has 4 unspecified atom stereocenters. The molecule has 7 nitrogen and oxygen atoms in total. The van der Waals surface area contributed by atoms with Crippen LogP contribution in [0.1, 0.15) is 44.0 Å². The predicted molar refractivity (Wildman–Crippen MR) is 136 cm³/mol. The first-order chi connectivity index (χ1) is 16.8. The van der Waals surface area contributed by atoms with Crippen LogP contribution in [0, 0.1) is 23.7 Å². The Morgan fingerprint density at radius 3 is 2.14 bits per heavy atom. The molecule has 0 spiro atoms. The van der Waals surface area contributed by atoms with Gasteiger partial charge >= 0.3 is 5.97 Å². The molecule has 1 saturated heterocycles. The lowest BCUT2D eigenvalue weighted by atomic mass is 9.69. The fraction of sp³-hybridized carbons (Fsp3) is 0.464. The first kappa shape index (κ1) is 24.8. The molecular weight excluding hydrogens is 442 g/mol. The predicted octanol–water partition coefficient (Wildman–Crippen LogP) is 4.36. The summed E-state index contributed by atoms with van der Waals surface area (Å²) in [5, 5.41) is 12.6. The molecule has 2 aliphatic rings. The molecule has 2 aromatic rings. The Kier molecular flexibility index (Phi) is 7.43. The molecule has 0 radical (unpaired) electrons. The molecule has 0 aromatic heterocycles.